The van der Waals surface area contributed by atoms with Gasteiger partial charge in [0.2, 0.25) is 0 Å². The highest BCUT2D eigenvalue weighted by Crippen LogP contribution is 2.38. The van der Waals surface area contributed by atoms with Crippen molar-refractivity contribution in [3.05, 3.63) is 146 Å². The SMILES string of the molecule is CCOc1cc(/C=c2/sc3n(c2=O)[C@H](c2ccc(OC)cc2)C(C(=O)Nc2ccc(C)cc2C)=C(C)N=3)cc(Br)c1OCc1ccc(Cl)cc1Cl. The number of carbonyl (C=O) groups excluding carboxylic acids is 1. The van der Waals surface area contributed by atoms with Crippen molar-refractivity contribution in [3.8, 4) is 17.2 Å². The van der Waals surface area contributed by atoms with Gasteiger partial charge in [-0.2, -0.15) is 0 Å². The van der Waals surface area contributed by atoms with Crippen LogP contribution in [0.4, 0.5) is 5.69 Å². The van der Waals surface area contributed by atoms with Gasteiger partial charge in [-0.25, -0.2) is 4.99 Å². The number of fused-ring (bicyclic) bond motifs is 1. The number of amides is 1. The summed E-state index contributed by atoms with van der Waals surface area (Å²) in [5.41, 5.74) is 5.55. The predicted molar refractivity (Wildman–Crippen MR) is 207 cm³/mol. The molecule has 5 aromatic rings. The summed E-state index contributed by atoms with van der Waals surface area (Å²) >= 11 is 17.3. The number of ether oxygens (including phenoxy) is 3. The van der Waals surface area contributed by atoms with Crippen LogP contribution in [0.3, 0.4) is 0 Å². The van der Waals surface area contributed by atoms with Crippen LogP contribution in [0.5, 0.6) is 17.2 Å². The highest BCUT2D eigenvalue weighted by molar-refractivity contribution is 9.10. The Morgan fingerprint density at radius 2 is 1.78 bits per heavy atom. The second-order valence-corrected chi connectivity index (χ2v) is 14.6. The third-order valence-corrected chi connectivity index (χ3v) is 10.5. The molecular formula is C39H34BrCl2N3O5S. The Balaban J connectivity index is 1.41. The summed E-state index contributed by atoms with van der Waals surface area (Å²) in [4.78, 5) is 33.7. The Morgan fingerprint density at radius 3 is 2.47 bits per heavy atom. The van der Waals surface area contributed by atoms with Crippen molar-refractivity contribution in [1.82, 2.24) is 4.57 Å². The van der Waals surface area contributed by atoms with Crippen LogP contribution in [0.1, 0.15) is 47.7 Å². The van der Waals surface area contributed by atoms with Gasteiger partial charge < -0.3 is 19.5 Å². The van der Waals surface area contributed by atoms with E-state index >= 15 is 0 Å². The summed E-state index contributed by atoms with van der Waals surface area (Å²) in [6.45, 7) is 8.21. The van der Waals surface area contributed by atoms with E-state index in [0.29, 0.717) is 70.2 Å². The van der Waals surface area contributed by atoms with Crippen LogP contribution in [-0.4, -0.2) is 24.2 Å². The highest BCUT2D eigenvalue weighted by Gasteiger charge is 2.33. The zero-order chi connectivity index (χ0) is 36.4. The van der Waals surface area contributed by atoms with E-state index in [-0.39, 0.29) is 18.1 Å². The fourth-order valence-corrected chi connectivity index (χ4v) is 7.96. The molecular weight excluding hydrogens is 773 g/mol. The van der Waals surface area contributed by atoms with Gasteiger partial charge in [0.25, 0.3) is 11.5 Å². The summed E-state index contributed by atoms with van der Waals surface area (Å²) in [6.07, 6.45) is 1.79. The fourth-order valence-electron chi connectivity index (χ4n) is 5.87. The highest BCUT2D eigenvalue weighted by atomic mass is 79.9. The first-order valence-corrected chi connectivity index (χ1v) is 18.4. The second kappa shape index (κ2) is 15.5. The van der Waals surface area contributed by atoms with Crippen molar-refractivity contribution in [2.45, 2.75) is 40.3 Å². The van der Waals surface area contributed by atoms with E-state index in [2.05, 4.69) is 21.2 Å². The molecule has 262 valence electrons. The molecule has 1 aliphatic rings. The Hall–Kier alpha value is -4.35. The van der Waals surface area contributed by atoms with E-state index in [9.17, 15) is 9.59 Å². The van der Waals surface area contributed by atoms with Gasteiger partial charge in [0.15, 0.2) is 16.3 Å². The lowest BCUT2D eigenvalue weighted by Crippen LogP contribution is -2.40. The number of hydrogen-bond acceptors (Lipinski definition) is 7. The summed E-state index contributed by atoms with van der Waals surface area (Å²) < 4.78 is 20.2. The molecule has 0 fully saturated rings. The van der Waals surface area contributed by atoms with Gasteiger partial charge in [0.05, 0.1) is 40.0 Å². The molecule has 0 unspecified atom stereocenters. The Bertz CT molecular complexity index is 2370. The molecule has 1 atom stereocenters. The maximum absolute atomic E-state index is 14.3. The van der Waals surface area contributed by atoms with Gasteiger partial charge in [-0.15, -0.1) is 0 Å². The predicted octanol–water partition coefficient (Wildman–Crippen LogP) is 8.55. The number of anilines is 1. The maximum atomic E-state index is 14.3. The van der Waals surface area contributed by atoms with Crippen LogP contribution in [0, 0.1) is 13.8 Å². The van der Waals surface area contributed by atoms with Crippen LogP contribution < -0.4 is 34.4 Å². The molecule has 1 aromatic heterocycles. The van der Waals surface area contributed by atoms with Crippen LogP contribution in [-0.2, 0) is 11.4 Å². The number of carbonyl (C=O) groups is 1. The molecule has 1 amide bonds. The molecule has 0 bridgehead atoms. The van der Waals surface area contributed by atoms with Gasteiger partial charge in [-0.1, -0.05) is 70.4 Å². The molecule has 0 saturated heterocycles. The number of nitrogens with one attached hydrogen (secondary N) is 1. The Labute approximate surface area is 317 Å². The summed E-state index contributed by atoms with van der Waals surface area (Å²) in [5, 5.41) is 4.10. The number of halogens is 3. The van der Waals surface area contributed by atoms with Gasteiger partial charge in [0, 0.05) is 21.3 Å². The van der Waals surface area contributed by atoms with E-state index in [4.69, 9.17) is 42.4 Å². The van der Waals surface area contributed by atoms with Crippen molar-refractivity contribution >= 4 is 68.1 Å². The standard InChI is InChI=1S/C39H34BrCl2N3O5S/c1-6-49-32-17-24(16-29(40)36(32)50-20-26-8-11-27(41)19-30(26)42)18-33-38(47)45-35(25-9-12-28(48-5)13-10-25)34(23(4)43-39(45)51-33)37(46)44-31-14-7-21(2)15-22(31)3/h7-19,35H,6,20H2,1-5H3,(H,44,46)/b33-18+/t35-/m1/s1. The minimum atomic E-state index is -0.735. The van der Waals surface area contributed by atoms with Crippen molar-refractivity contribution < 1.29 is 19.0 Å². The average Bonchev–Trinajstić information content (AvgIpc) is 3.39. The lowest BCUT2D eigenvalue weighted by molar-refractivity contribution is -0.113. The summed E-state index contributed by atoms with van der Waals surface area (Å²) in [6, 6.07) is 21.4. The quantitative estimate of drug-likeness (QED) is 0.153. The van der Waals surface area contributed by atoms with Crippen LogP contribution in [0.2, 0.25) is 10.0 Å². The molecule has 51 heavy (non-hydrogen) atoms. The lowest BCUT2D eigenvalue weighted by Gasteiger charge is -2.25. The van der Waals surface area contributed by atoms with Crippen LogP contribution in [0.15, 0.2) is 98.3 Å². The van der Waals surface area contributed by atoms with Crippen LogP contribution in [0.25, 0.3) is 6.08 Å². The van der Waals surface area contributed by atoms with E-state index in [1.54, 1.807) is 36.8 Å². The minimum absolute atomic E-state index is 0.191. The van der Waals surface area contributed by atoms with Crippen molar-refractivity contribution in [1.29, 1.82) is 0 Å². The first kappa shape index (κ1) is 36.4. The topological polar surface area (TPSA) is 91.2 Å². The van der Waals surface area contributed by atoms with Crippen molar-refractivity contribution in [3.63, 3.8) is 0 Å². The number of aryl methyl sites for hydroxylation is 2. The van der Waals surface area contributed by atoms with E-state index in [0.717, 1.165) is 22.3 Å². The molecule has 1 N–H and O–H groups in total. The summed E-state index contributed by atoms with van der Waals surface area (Å²) in [5.74, 6) is 1.32. The number of allylic oxidation sites excluding steroid dienone is 1. The molecule has 0 aliphatic carbocycles. The zero-order valence-electron chi connectivity index (χ0n) is 28.5. The number of aromatic nitrogens is 1. The van der Waals surface area contributed by atoms with Crippen LogP contribution >= 0.6 is 50.5 Å². The Kier molecular flexibility index (Phi) is 11.1. The smallest absolute Gasteiger partial charge is 0.271 e. The van der Waals surface area contributed by atoms with Gasteiger partial charge in [-0.3, -0.25) is 14.2 Å². The Morgan fingerprint density at radius 1 is 1.02 bits per heavy atom. The fraction of sp³-hybridized carbons (Fsp3) is 0.205. The first-order chi connectivity index (χ1) is 24.5. The number of rotatable bonds is 10. The minimum Gasteiger partial charge on any atom is -0.497 e. The number of nitrogens with zero attached hydrogens (tertiary/aromatic N) is 2. The molecule has 8 nitrogen and oxygen atoms in total. The molecule has 2 heterocycles. The third-order valence-electron chi connectivity index (χ3n) is 8.34. The van der Waals surface area contributed by atoms with E-state index in [1.807, 2.05) is 81.4 Å². The molecule has 4 aromatic carbocycles. The maximum Gasteiger partial charge on any atom is 0.271 e. The molecule has 1 aliphatic heterocycles. The number of methoxy groups -OCH3 is 1. The van der Waals surface area contributed by atoms with Gasteiger partial charge >= 0.3 is 0 Å². The molecule has 6 rings (SSSR count). The zero-order valence-corrected chi connectivity index (χ0v) is 32.4. The normalized spacial score (nSPS) is 14.2. The third kappa shape index (κ3) is 7.79. The lowest BCUT2D eigenvalue weighted by atomic mass is 9.95. The molecule has 0 saturated carbocycles. The first-order valence-electron chi connectivity index (χ1n) is 16.1. The van der Waals surface area contributed by atoms with E-state index < -0.39 is 6.04 Å². The van der Waals surface area contributed by atoms with Gasteiger partial charge in [0.1, 0.15) is 12.4 Å². The molecule has 12 heteroatoms. The van der Waals surface area contributed by atoms with Gasteiger partial charge in [-0.05, 0) is 109 Å². The van der Waals surface area contributed by atoms with Crippen molar-refractivity contribution in [2.24, 2.45) is 4.99 Å². The number of hydrogen-bond donors (Lipinski definition) is 1. The average molecular weight is 808 g/mol. The molecule has 0 radical (unpaired) electrons. The number of benzene rings is 4. The molecule has 0 spiro atoms. The largest absolute Gasteiger partial charge is 0.497 e. The second-order valence-electron chi connectivity index (χ2n) is 11.9. The summed E-state index contributed by atoms with van der Waals surface area (Å²) in [7, 11) is 1.59. The number of thiazole rings is 1. The van der Waals surface area contributed by atoms with Crippen molar-refractivity contribution in [2.75, 3.05) is 19.0 Å². The van der Waals surface area contributed by atoms with E-state index in [1.165, 1.54) is 11.3 Å². The monoisotopic (exact) mass is 805 g/mol.